The standard InChI is InChI=1S/C19H27N5O2S2/c1-13(2)11-24-17(22-23-19(24)28-3)5-4-8-20-18(27)21-10-14-6-7-15-16(9-14)26-12-25-15/h6-7,9,13H,4-5,8,10-12H2,1-3H3,(H2,20,21,27). The smallest absolute Gasteiger partial charge is 0.231 e. The van der Waals surface area contributed by atoms with Crippen LogP contribution in [0.2, 0.25) is 0 Å². The zero-order valence-electron chi connectivity index (χ0n) is 16.5. The zero-order chi connectivity index (χ0) is 19.9. The van der Waals surface area contributed by atoms with Crippen molar-refractivity contribution in [2.75, 3.05) is 19.6 Å². The van der Waals surface area contributed by atoms with Gasteiger partial charge < -0.3 is 24.7 Å². The number of hydrogen-bond acceptors (Lipinski definition) is 6. The average molecular weight is 422 g/mol. The van der Waals surface area contributed by atoms with E-state index in [1.54, 1.807) is 11.8 Å². The molecule has 0 spiro atoms. The van der Waals surface area contributed by atoms with Crippen LogP contribution in [-0.2, 0) is 19.5 Å². The first-order valence-electron chi connectivity index (χ1n) is 9.43. The highest BCUT2D eigenvalue weighted by molar-refractivity contribution is 7.98. The summed E-state index contributed by atoms with van der Waals surface area (Å²) in [6, 6.07) is 5.91. The number of ether oxygens (including phenoxy) is 2. The van der Waals surface area contributed by atoms with Crippen LogP contribution in [0.15, 0.2) is 23.4 Å². The van der Waals surface area contributed by atoms with Crippen molar-refractivity contribution in [1.29, 1.82) is 0 Å². The fourth-order valence-electron chi connectivity index (χ4n) is 2.95. The van der Waals surface area contributed by atoms with Gasteiger partial charge in [-0.2, -0.15) is 0 Å². The van der Waals surface area contributed by atoms with Crippen LogP contribution in [0.3, 0.4) is 0 Å². The lowest BCUT2D eigenvalue weighted by molar-refractivity contribution is 0.174. The summed E-state index contributed by atoms with van der Waals surface area (Å²) in [5.41, 5.74) is 1.10. The Balaban J connectivity index is 1.39. The van der Waals surface area contributed by atoms with Gasteiger partial charge >= 0.3 is 0 Å². The molecule has 9 heteroatoms. The first kappa shape index (κ1) is 20.7. The van der Waals surface area contributed by atoms with Crippen LogP contribution in [0, 0.1) is 5.92 Å². The Kier molecular flexibility index (Phi) is 7.38. The molecule has 0 fully saturated rings. The van der Waals surface area contributed by atoms with Gasteiger partial charge in [-0.15, -0.1) is 10.2 Å². The van der Waals surface area contributed by atoms with Gasteiger partial charge in [-0.1, -0.05) is 31.7 Å². The third-order valence-corrected chi connectivity index (χ3v) is 5.23. The number of rotatable bonds is 9. The Morgan fingerprint density at radius 3 is 2.86 bits per heavy atom. The van der Waals surface area contributed by atoms with E-state index in [0.717, 1.165) is 54.0 Å². The third kappa shape index (κ3) is 5.51. The zero-order valence-corrected chi connectivity index (χ0v) is 18.2. The van der Waals surface area contributed by atoms with Crippen molar-refractivity contribution in [2.24, 2.45) is 5.92 Å². The van der Waals surface area contributed by atoms with E-state index in [-0.39, 0.29) is 6.79 Å². The molecule has 7 nitrogen and oxygen atoms in total. The molecule has 0 amide bonds. The minimum Gasteiger partial charge on any atom is -0.454 e. The van der Waals surface area contributed by atoms with E-state index in [2.05, 4.69) is 39.2 Å². The normalized spacial score (nSPS) is 12.4. The molecule has 0 atom stereocenters. The summed E-state index contributed by atoms with van der Waals surface area (Å²) in [5, 5.41) is 16.8. The largest absolute Gasteiger partial charge is 0.454 e. The summed E-state index contributed by atoms with van der Waals surface area (Å²) in [5.74, 6) is 3.18. The maximum absolute atomic E-state index is 5.40. The topological polar surface area (TPSA) is 73.2 Å². The molecule has 152 valence electrons. The predicted octanol–water partition coefficient (Wildman–Crippen LogP) is 2.98. The highest BCUT2D eigenvalue weighted by atomic mass is 32.2. The summed E-state index contributed by atoms with van der Waals surface area (Å²) in [7, 11) is 0. The summed E-state index contributed by atoms with van der Waals surface area (Å²) in [6.07, 6.45) is 3.85. The van der Waals surface area contributed by atoms with E-state index >= 15 is 0 Å². The number of hydrogen-bond donors (Lipinski definition) is 2. The molecule has 0 bridgehead atoms. The molecular formula is C19H27N5O2S2. The van der Waals surface area contributed by atoms with E-state index in [1.165, 1.54) is 0 Å². The molecule has 0 radical (unpaired) electrons. The lowest BCUT2D eigenvalue weighted by Crippen LogP contribution is -2.35. The number of nitrogens with one attached hydrogen (secondary N) is 2. The Morgan fingerprint density at radius 1 is 1.25 bits per heavy atom. The van der Waals surface area contributed by atoms with E-state index in [1.807, 2.05) is 24.5 Å². The lowest BCUT2D eigenvalue weighted by atomic mass is 10.2. The Labute approximate surface area is 175 Å². The van der Waals surface area contributed by atoms with Gasteiger partial charge in [0.25, 0.3) is 0 Å². The number of aryl methyl sites for hydroxylation is 1. The maximum atomic E-state index is 5.40. The first-order valence-corrected chi connectivity index (χ1v) is 11.1. The maximum Gasteiger partial charge on any atom is 0.231 e. The summed E-state index contributed by atoms with van der Waals surface area (Å²) >= 11 is 7.01. The molecule has 2 N–H and O–H groups in total. The molecule has 0 unspecified atom stereocenters. The highest BCUT2D eigenvalue weighted by Crippen LogP contribution is 2.32. The van der Waals surface area contributed by atoms with Crippen molar-refractivity contribution in [3.8, 4) is 11.5 Å². The van der Waals surface area contributed by atoms with E-state index in [9.17, 15) is 0 Å². The quantitative estimate of drug-likeness (QED) is 0.364. The second-order valence-corrected chi connectivity index (χ2v) is 8.19. The SMILES string of the molecule is CSc1nnc(CCCNC(=S)NCc2ccc3c(c2)OCO3)n1CC(C)C. The molecule has 3 rings (SSSR count). The van der Waals surface area contributed by atoms with Gasteiger partial charge in [-0.3, -0.25) is 0 Å². The van der Waals surface area contributed by atoms with Crippen LogP contribution in [-0.4, -0.2) is 39.5 Å². The van der Waals surface area contributed by atoms with Crippen LogP contribution in [0.25, 0.3) is 0 Å². The molecule has 0 saturated carbocycles. The van der Waals surface area contributed by atoms with Crippen molar-refractivity contribution in [2.45, 2.75) is 44.9 Å². The predicted molar refractivity (Wildman–Crippen MR) is 115 cm³/mol. The molecule has 1 aliphatic rings. The molecular weight excluding hydrogens is 394 g/mol. The third-order valence-electron chi connectivity index (χ3n) is 4.28. The molecule has 1 aromatic heterocycles. The molecule has 2 heterocycles. The second kappa shape index (κ2) is 9.97. The first-order chi connectivity index (χ1) is 13.6. The monoisotopic (exact) mass is 421 g/mol. The van der Waals surface area contributed by atoms with Gasteiger partial charge in [0.1, 0.15) is 5.82 Å². The fourth-order valence-corrected chi connectivity index (χ4v) is 3.64. The van der Waals surface area contributed by atoms with Gasteiger partial charge in [0.05, 0.1) is 0 Å². The van der Waals surface area contributed by atoms with Crippen molar-refractivity contribution >= 4 is 29.1 Å². The minimum atomic E-state index is 0.287. The number of aromatic nitrogens is 3. The Bertz CT molecular complexity index is 810. The van der Waals surface area contributed by atoms with Crippen molar-refractivity contribution in [3.63, 3.8) is 0 Å². The number of thiocarbonyl (C=S) groups is 1. The van der Waals surface area contributed by atoms with Crippen LogP contribution >= 0.6 is 24.0 Å². The molecule has 1 aromatic carbocycles. The summed E-state index contributed by atoms with van der Waals surface area (Å²) in [6.45, 7) is 7.08. The van der Waals surface area contributed by atoms with Gasteiger partial charge in [-0.05, 0) is 48.5 Å². The molecule has 1 aliphatic heterocycles. The highest BCUT2D eigenvalue weighted by Gasteiger charge is 2.14. The summed E-state index contributed by atoms with van der Waals surface area (Å²) in [4.78, 5) is 0. The van der Waals surface area contributed by atoms with Crippen molar-refractivity contribution in [1.82, 2.24) is 25.4 Å². The average Bonchev–Trinajstić information content (AvgIpc) is 3.29. The van der Waals surface area contributed by atoms with Crippen LogP contribution in [0.4, 0.5) is 0 Å². The Morgan fingerprint density at radius 2 is 2.07 bits per heavy atom. The summed E-state index contributed by atoms with van der Waals surface area (Å²) < 4.78 is 13.0. The van der Waals surface area contributed by atoms with Crippen LogP contribution in [0.5, 0.6) is 11.5 Å². The van der Waals surface area contributed by atoms with Crippen LogP contribution in [0.1, 0.15) is 31.7 Å². The minimum absolute atomic E-state index is 0.287. The van der Waals surface area contributed by atoms with Gasteiger partial charge in [0, 0.05) is 26.1 Å². The van der Waals surface area contributed by atoms with Crippen molar-refractivity contribution < 1.29 is 9.47 Å². The molecule has 28 heavy (non-hydrogen) atoms. The molecule has 0 aliphatic carbocycles. The fraction of sp³-hybridized carbons (Fsp3) is 0.526. The number of fused-ring (bicyclic) bond motifs is 1. The van der Waals surface area contributed by atoms with E-state index in [0.29, 0.717) is 17.6 Å². The van der Waals surface area contributed by atoms with Crippen LogP contribution < -0.4 is 20.1 Å². The lowest BCUT2D eigenvalue weighted by Gasteiger charge is -2.13. The molecule has 2 aromatic rings. The Hall–Kier alpha value is -2.00. The number of thioether (sulfide) groups is 1. The number of nitrogens with zero attached hydrogens (tertiary/aromatic N) is 3. The van der Waals surface area contributed by atoms with E-state index in [4.69, 9.17) is 21.7 Å². The molecule has 0 saturated heterocycles. The van der Waals surface area contributed by atoms with Gasteiger partial charge in [0.2, 0.25) is 6.79 Å². The van der Waals surface area contributed by atoms with Gasteiger partial charge in [0.15, 0.2) is 21.8 Å². The van der Waals surface area contributed by atoms with E-state index < -0.39 is 0 Å². The van der Waals surface area contributed by atoms with Crippen molar-refractivity contribution in [3.05, 3.63) is 29.6 Å². The van der Waals surface area contributed by atoms with Gasteiger partial charge in [-0.25, -0.2) is 0 Å². The number of benzene rings is 1. The second-order valence-electron chi connectivity index (χ2n) is 7.01.